The van der Waals surface area contributed by atoms with E-state index in [-0.39, 0.29) is 5.28 Å². The normalized spacial score (nSPS) is 20.8. The van der Waals surface area contributed by atoms with Crippen molar-refractivity contribution in [3.05, 3.63) is 17.0 Å². The number of hydrogen-bond acceptors (Lipinski definition) is 5. The van der Waals surface area contributed by atoms with E-state index in [2.05, 4.69) is 27.1 Å². The summed E-state index contributed by atoms with van der Waals surface area (Å²) >= 11 is 5.83. The van der Waals surface area contributed by atoms with E-state index in [1.54, 1.807) is 13.3 Å². The van der Waals surface area contributed by atoms with Crippen molar-refractivity contribution in [3.63, 3.8) is 0 Å². The molecule has 0 amide bonds. The lowest BCUT2D eigenvalue weighted by Crippen LogP contribution is -2.35. The lowest BCUT2D eigenvalue weighted by molar-refractivity contribution is 0.197. The van der Waals surface area contributed by atoms with Gasteiger partial charge in [0.15, 0.2) is 0 Å². The molecular formula is C14H19ClN4O. The fourth-order valence-electron chi connectivity index (χ4n) is 1.97. The number of nitrogens with zero attached hydrogens (tertiary/aromatic N) is 2. The van der Waals surface area contributed by atoms with Crippen LogP contribution in [0.1, 0.15) is 24.8 Å². The molecule has 1 aromatic rings. The van der Waals surface area contributed by atoms with Crippen molar-refractivity contribution in [2.24, 2.45) is 11.7 Å². The number of nitrogens with two attached hydrogens (primary N) is 1. The third-order valence-corrected chi connectivity index (χ3v) is 3.34. The molecule has 6 heteroatoms. The molecule has 2 rings (SSSR count). The second-order valence-electron chi connectivity index (χ2n) is 4.87. The predicted molar refractivity (Wildman–Crippen MR) is 79.6 cm³/mol. The van der Waals surface area contributed by atoms with E-state index in [0.29, 0.717) is 24.4 Å². The molecule has 5 nitrogen and oxygen atoms in total. The van der Waals surface area contributed by atoms with Gasteiger partial charge < -0.3 is 15.8 Å². The van der Waals surface area contributed by atoms with Crippen LogP contribution in [0.2, 0.25) is 5.28 Å². The summed E-state index contributed by atoms with van der Waals surface area (Å²) in [6, 6.07) is 0.308. The molecule has 3 N–H and O–H groups in total. The van der Waals surface area contributed by atoms with Gasteiger partial charge in [-0.3, -0.25) is 0 Å². The average molecular weight is 295 g/mol. The first-order valence-electron chi connectivity index (χ1n) is 6.71. The summed E-state index contributed by atoms with van der Waals surface area (Å²) < 4.78 is 5.01. The largest absolute Gasteiger partial charge is 0.385 e. The fourth-order valence-corrected chi connectivity index (χ4v) is 2.10. The van der Waals surface area contributed by atoms with Crippen LogP contribution in [0.4, 0.5) is 5.82 Å². The zero-order valence-corrected chi connectivity index (χ0v) is 12.3. The van der Waals surface area contributed by atoms with Crippen molar-refractivity contribution in [3.8, 4) is 11.8 Å². The minimum atomic E-state index is 0.218. The summed E-state index contributed by atoms with van der Waals surface area (Å²) in [6.45, 7) is 1.46. The number of halogens is 1. The standard InChI is InChI=1S/C14H19ClN4O/c1-20-6-2-5-17-13-11(9-18-14(15)19-13)4-3-10-7-12(16)8-10/h9-10,12H,2,5-8,16H2,1H3,(H,17,18,19). The highest BCUT2D eigenvalue weighted by molar-refractivity contribution is 6.28. The Morgan fingerprint density at radius 2 is 2.35 bits per heavy atom. The maximum Gasteiger partial charge on any atom is 0.224 e. The predicted octanol–water partition coefficient (Wildman–Crippen LogP) is 1.67. The lowest BCUT2D eigenvalue weighted by Gasteiger charge is -2.27. The second kappa shape index (κ2) is 7.44. The van der Waals surface area contributed by atoms with Crippen molar-refractivity contribution < 1.29 is 4.74 Å². The Hall–Kier alpha value is -1.35. The molecule has 0 atom stereocenters. The average Bonchev–Trinajstić information content (AvgIpc) is 2.40. The van der Waals surface area contributed by atoms with Crippen LogP contribution in [0.25, 0.3) is 0 Å². The lowest BCUT2D eigenvalue weighted by atomic mass is 9.81. The smallest absolute Gasteiger partial charge is 0.224 e. The van der Waals surface area contributed by atoms with Crippen molar-refractivity contribution in [1.82, 2.24) is 9.97 Å². The number of anilines is 1. The Morgan fingerprint density at radius 1 is 1.55 bits per heavy atom. The quantitative estimate of drug-likeness (QED) is 0.491. The monoisotopic (exact) mass is 294 g/mol. The first-order valence-corrected chi connectivity index (χ1v) is 7.09. The van der Waals surface area contributed by atoms with Gasteiger partial charge in [-0.15, -0.1) is 0 Å². The molecule has 0 spiro atoms. The Balaban J connectivity index is 1.99. The zero-order chi connectivity index (χ0) is 14.4. The number of nitrogens with one attached hydrogen (secondary N) is 1. The van der Waals surface area contributed by atoms with Crippen molar-refractivity contribution >= 4 is 17.4 Å². The number of ether oxygens (including phenoxy) is 1. The van der Waals surface area contributed by atoms with E-state index in [4.69, 9.17) is 22.1 Å². The summed E-state index contributed by atoms with van der Waals surface area (Å²) in [6.07, 6.45) is 4.48. The molecule has 1 aromatic heterocycles. The van der Waals surface area contributed by atoms with E-state index >= 15 is 0 Å². The third kappa shape index (κ3) is 4.34. The van der Waals surface area contributed by atoms with Gasteiger partial charge in [-0.05, 0) is 30.9 Å². The summed E-state index contributed by atoms with van der Waals surface area (Å²) in [5, 5.41) is 3.43. The molecular weight excluding hydrogens is 276 g/mol. The number of aromatic nitrogens is 2. The van der Waals surface area contributed by atoms with Crippen LogP contribution in [0.3, 0.4) is 0 Å². The van der Waals surface area contributed by atoms with Gasteiger partial charge in [-0.2, -0.15) is 4.98 Å². The Kier molecular flexibility index (Phi) is 5.60. The summed E-state index contributed by atoms with van der Waals surface area (Å²) in [5.74, 6) is 7.40. The van der Waals surface area contributed by atoms with E-state index in [0.717, 1.165) is 31.4 Å². The molecule has 0 unspecified atom stereocenters. The summed E-state index contributed by atoms with van der Waals surface area (Å²) in [7, 11) is 1.68. The van der Waals surface area contributed by atoms with Gasteiger partial charge >= 0.3 is 0 Å². The highest BCUT2D eigenvalue weighted by Gasteiger charge is 2.23. The van der Waals surface area contributed by atoms with Crippen LogP contribution in [0.15, 0.2) is 6.20 Å². The van der Waals surface area contributed by atoms with Crippen molar-refractivity contribution in [2.75, 3.05) is 25.6 Å². The molecule has 1 heterocycles. The molecule has 20 heavy (non-hydrogen) atoms. The van der Waals surface area contributed by atoms with Crippen LogP contribution in [-0.4, -0.2) is 36.3 Å². The van der Waals surface area contributed by atoms with Crippen LogP contribution in [0, 0.1) is 17.8 Å². The van der Waals surface area contributed by atoms with Crippen LogP contribution in [-0.2, 0) is 4.74 Å². The summed E-state index contributed by atoms with van der Waals surface area (Å²) in [5.41, 5.74) is 6.52. The zero-order valence-electron chi connectivity index (χ0n) is 11.5. The number of rotatable bonds is 5. The molecule has 0 aromatic carbocycles. The topological polar surface area (TPSA) is 73.1 Å². The molecule has 1 aliphatic carbocycles. The van der Waals surface area contributed by atoms with Gasteiger partial charge in [0.05, 0.1) is 5.56 Å². The first kappa shape index (κ1) is 15.0. The van der Waals surface area contributed by atoms with E-state index in [9.17, 15) is 0 Å². The minimum Gasteiger partial charge on any atom is -0.385 e. The summed E-state index contributed by atoms with van der Waals surface area (Å²) in [4.78, 5) is 8.17. The number of methoxy groups -OCH3 is 1. The molecule has 1 saturated carbocycles. The Bertz CT molecular complexity index is 506. The highest BCUT2D eigenvalue weighted by atomic mass is 35.5. The fraction of sp³-hybridized carbons (Fsp3) is 0.571. The van der Waals surface area contributed by atoms with E-state index in [1.807, 2.05) is 0 Å². The van der Waals surface area contributed by atoms with Gasteiger partial charge in [0, 0.05) is 38.4 Å². The van der Waals surface area contributed by atoms with Crippen molar-refractivity contribution in [2.45, 2.75) is 25.3 Å². The highest BCUT2D eigenvalue weighted by Crippen LogP contribution is 2.24. The minimum absolute atomic E-state index is 0.218. The Labute approximate surface area is 124 Å². The SMILES string of the molecule is COCCCNc1nc(Cl)ncc1C#CC1CC(N)C1. The molecule has 1 fully saturated rings. The van der Waals surface area contributed by atoms with Crippen LogP contribution in [0.5, 0.6) is 0 Å². The van der Waals surface area contributed by atoms with Crippen molar-refractivity contribution in [1.29, 1.82) is 0 Å². The van der Waals surface area contributed by atoms with Crippen LogP contribution < -0.4 is 11.1 Å². The molecule has 0 radical (unpaired) electrons. The van der Waals surface area contributed by atoms with Gasteiger partial charge in [0.25, 0.3) is 0 Å². The van der Waals surface area contributed by atoms with E-state index in [1.165, 1.54) is 0 Å². The van der Waals surface area contributed by atoms with E-state index < -0.39 is 0 Å². The molecule has 0 saturated heterocycles. The van der Waals surface area contributed by atoms with Gasteiger partial charge in [-0.25, -0.2) is 4.98 Å². The first-order chi connectivity index (χ1) is 9.69. The maximum absolute atomic E-state index is 5.83. The van der Waals surface area contributed by atoms with Gasteiger partial charge in [0.2, 0.25) is 5.28 Å². The number of hydrogen-bond donors (Lipinski definition) is 2. The molecule has 108 valence electrons. The molecule has 0 bridgehead atoms. The van der Waals surface area contributed by atoms with Crippen LogP contribution >= 0.6 is 11.6 Å². The molecule has 0 aliphatic heterocycles. The van der Waals surface area contributed by atoms with Gasteiger partial charge in [-0.1, -0.05) is 11.8 Å². The third-order valence-electron chi connectivity index (χ3n) is 3.16. The second-order valence-corrected chi connectivity index (χ2v) is 5.21. The van der Waals surface area contributed by atoms with Gasteiger partial charge in [0.1, 0.15) is 5.82 Å². The maximum atomic E-state index is 5.83. The molecule has 1 aliphatic rings. The Morgan fingerprint density at radius 3 is 3.05 bits per heavy atom.